The van der Waals surface area contributed by atoms with E-state index in [4.69, 9.17) is 9.47 Å². The van der Waals surface area contributed by atoms with Gasteiger partial charge in [0.25, 0.3) is 0 Å². The summed E-state index contributed by atoms with van der Waals surface area (Å²) in [5.74, 6) is 0.776. The lowest BCUT2D eigenvalue weighted by atomic mass is 9.91. The van der Waals surface area contributed by atoms with Crippen molar-refractivity contribution >= 4 is 11.8 Å². The van der Waals surface area contributed by atoms with E-state index in [1.54, 1.807) is 7.11 Å². The average Bonchev–Trinajstić information content (AvgIpc) is 2.66. The molecule has 2 rings (SSSR count). The summed E-state index contributed by atoms with van der Waals surface area (Å²) in [6, 6.07) is 7.67. The van der Waals surface area contributed by atoms with E-state index in [-0.39, 0.29) is 17.7 Å². The Hall–Kier alpha value is -2.08. The summed E-state index contributed by atoms with van der Waals surface area (Å²) in [6.45, 7) is 8.54. The lowest BCUT2D eigenvalue weighted by molar-refractivity contribution is -0.142. The molecule has 1 aliphatic heterocycles. The van der Waals surface area contributed by atoms with Crippen LogP contribution in [0.1, 0.15) is 39.2 Å². The minimum Gasteiger partial charge on any atom is -0.491 e. The second-order valence-corrected chi connectivity index (χ2v) is 8.04. The van der Waals surface area contributed by atoms with Crippen LogP contribution < -0.4 is 10.1 Å². The quantitative estimate of drug-likeness (QED) is 0.743. The fourth-order valence-corrected chi connectivity index (χ4v) is 3.13. The molecule has 150 valence electrons. The summed E-state index contributed by atoms with van der Waals surface area (Å²) in [4.78, 5) is 26.8. The zero-order valence-corrected chi connectivity index (χ0v) is 16.9. The van der Waals surface area contributed by atoms with Crippen LogP contribution in [0.15, 0.2) is 24.3 Å². The number of piperidine rings is 1. The zero-order valence-electron chi connectivity index (χ0n) is 16.9. The predicted octanol–water partition coefficient (Wildman–Crippen LogP) is 2.61. The van der Waals surface area contributed by atoms with Gasteiger partial charge in [-0.15, -0.1) is 0 Å². The number of methoxy groups -OCH3 is 1. The molecule has 1 aromatic carbocycles. The smallest absolute Gasteiger partial charge is 0.227 e. The molecular weight excluding hydrogens is 344 g/mol. The Bertz CT molecular complexity index is 622. The van der Waals surface area contributed by atoms with Crippen LogP contribution in [-0.4, -0.2) is 50.1 Å². The third kappa shape index (κ3) is 6.54. The Kier molecular flexibility index (Phi) is 7.66. The number of amides is 2. The Morgan fingerprint density at radius 3 is 2.52 bits per heavy atom. The Balaban J connectivity index is 1.82. The van der Waals surface area contributed by atoms with Crippen molar-refractivity contribution in [2.75, 3.05) is 33.4 Å². The molecule has 0 aromatic heterocycles. The van der Waals surface area contributed by atoms with E-state index in [2.05, 4.69) is 5.32 Å². The van der Waals surface area contributed by atoms with E-state index in [0.717, 1.165) is 30.7 Å². The number of hydrogen-bond acceptors (Lipinski definition) is 4. The van der Waals surface area contributed by atoms with Crippen molar-refractivity contribution in [1.82, 2.24) is 10.2 Å². The van der Waals surface area contributed by atoms with E-state index >= 15 is 0 Å². The highest BCUT2D eigenvalue weighted by Crippen LogP contribution is 2.23. The first-order valence-electron chi connectivity index (χ1n) is 9.59. The second kappa shape index (κ2) is 9.74. The average molecular weight is 376 g/mol. The lowest BCUT2D eigenvalue weighted by Crippen LogP contribution is -2.48. The third-order valence-corrected chi connectivity index (χ3v) is 4.67. The lowest BCUT2D eigenvalue weighted by Gasteiger charge is -2.35. The van der Waals surface area contributed by atoms with Crippen LogP contribution in [0.2, 0.25) is 0 Å². The molecule has 1 aromatic rings. The highest BCUT2D eigenvalue weighted by atomic mass is 16.5. The molecule has 1 aliphatic rings. The van der Waals surface area contributed by atoms with Crippen molar-refractivity contribution in [2.24, 2.45) is 11.3 Å². The van der Waals surface area contributed by atoms with E-state index < -0.39 is 5.41 Å². The maximum absolute atomic E-state index is 12.5. The molecule has 1 heterocycles. The summed E-state index contributed by atoms with van der Waals surface area (Å²) in [5.41, 5.74) is 0.603. The number of rotatable bonds is 7. The van der Waals surface area contributed by atoms with Crippen molar-refractivity contribution in [3.63, 3.8) is 0 Å². The standard InChI is InChI=1S/C21H32N2O4/c1-21(2,3)20(25)23-11-5-6-17(15-23)19(24)22-14-16-7-9-18(10-8-16)27-13-12-26-4/h7-10,17H,5-6,11-15H2,1-4H3,(H,22,24). The van der Waals surface area contributed by atoms with Gasteiger partial charge in [0.15, 0.2) is 0 Å². The Morgan fingerprint density at radius 1 is 1.19 bits per heavy atom. The fourth-order valence-electron chi connectivity index (χ4n) is 3.13. The molecule has 0 spiro atoms. The first-order chi connectivity index (χ1) is 12.8. The monoisotopic (exact) mass is 376 g/mol. The number of benzene rings is 1. The van der Waals surface area contributed by atoms with Gasteiger partial charge in [-0.2, -0.15) is 0 Å². The van der Waals surface area contributed by atoms with Crippen LogP contribution in [0.4, 0.5) is 0 Å². The van der Waals surface area contributed by atoms with Crippen molar-refractivity contribution in [3.8, 4) is 5.75 Å². The van der Waals surface area contributed by atoms with E-state index in [1.807, 2.05) is 49.9 Å². The van der Waals surface area contributed by atoms with Gasteiger partial charge in [0.1, 0.15) is 12.4 Å². The molecule has 27 heavy (non-hydrogen) atoms. The normalized spacial score (nSPS) is 17.5. The maximum atomic E-state index is 12.5. The van der Waals surface area contributed by atoms with Crippen LogP contribution >= 0.6 is 0 Å². The molecule has 1 atom stereocenters. The fraction of sp³-hybridized carbons (Fsp3) is 0.619. The zero-order chi connectivity index (χ0) is 19.9. The van der Waals surface area contributed by atoms with Crippen LogP contribution in [0.25, 0.3) is 0 Å². The number of hydrogen-bond donors (Lipinski definition) is 1. The van der Waals surface area contributed by atoms with Crippen LogP contribution in [0.5, 0.6) is 5.75 Å². The Morgan fingerprint density at radius 2 is 1.89 bits per heavy atom. The molecule has 1 saturated heterocycles. The SMILES string of the molecule is COCCOc1ccc(CNC(=O)C2CCCN(C(=O)C(C)(C)C)C2)cc1. The third-order valence-electron chi connectivity index (χ3n) is 4.67. The number of likely N-dealkylation sites (tertiary alicyclic amines) is 1. The first kappa shape index (κ1) is 21.2. The number of carbonyl (C=O) groups is 2. The molecule has 6 nitrogen and oxygen atoms in total. The minimum atomic E-state index is -0.411. The predicted molar refractivity (Wildman–Crippen MR) is 104 cm³/mol. The van der Waals surface area contributed by atoms with Gasteiger partial charge >= 0.3 is 0 Å². The molecule has 0 aliphatic carbocycles. The highest BCUT2D eigenvalue weighted by molar-refractivity contribution is 5.83. The molecule has 1 unspecified atom stereocenters. The summed E-state index contributed by atoms with van der Waals surface area (Å²) in [7, 11) is 1.64. The summed E-state index contributed by atoms with van der Waals surface area (Å²) in [6.07, 6.45) is 1.69. The summed E-state index contributed by atoms with van der Waals surface area (Å²) >= 11 is 0. The summed E-state index contributed by atoms with van der Waals surface area (Å²) < 4.78 is 10.5. The molecule has 6 heteroatoms. The number of nitrogens with one attached hydrogen (secondary N) is 1. The van der Waals surface area contributed by atoms with E-state index in [9.17, 15) is 9.59 Å². The van der Waals surface area contributed by atoms with Gasteiger partial charge in [0, 0.05) is 32.2 Å². The van der Waals surface area contributed by atoms with E-state index in [0.29, 0.717) is 26.3 Å². The van der Waals surface area contributed by atoms with Gasteiger partial charge in [0.05, 0.1) is 12.5 Å². The van der Waals surface area contributed by atoms with Gasteiger partial charge in [0.2, 0.25) is 11.8 Å². The van der Waals surface area contributed by atoms with Crippen molar-refractivity contribution in [3.05, 3.63) is 29.8 Å². The van der Waals surface area contributed by atoms with Crippen LogP contribution in [-0.2, 0) is 20.9 Å². The topological polar surface area (TPSA) is 67.9 Å². The second-order valence-electron chi connectivity index (χ2n) is 8.04. The molecule has 2 amide bonds. The molecule has 0 saturated carbocycles. The molecule has 1 fully saturated rings. The molecule has 0 radical (unpaired) electrons. The largest absolute Gasteiger partial charge is 0.491 e. The van der Waals surface area contributed by atoms with E-state index in [1.165, 1.54) is 0 Å². The Labute approximate surface area is 162 Å². The molecule has 1 N–H and O–H groups in total. The van der Waals surface area contributed by atoms with Crippen LogP contribution in [0.3, 0.4) is 0 Å². The first-order valence-corrected chi connectivity index (χ1v) is 9.59. The number of ether oxygens (including phenoxy) is 2. The molecular formula is C21H32N2O4. The maximum Gasteiger partial charge on any atom is 0.227 e. The highest BCUT2D eigenvalue weighted by Gasteiger charge is 2.33. The molecule has 0 bridgehead atoms. The van der Waals surface area contributed by atoms with Crippen molar-refractivity contribution < 1.29 is 19.1 Å². The van der Waals surface area contributed by atoms with Gasteiger partial charge in [-0.05, 0) is 30.5 Å². The van der Waals surface area contributed by atoms with Gasteiger partial charge < -0.3 is 19.7 Å². The van der Waals surface area contributed by atoms with Gasteiger partial charge in [-0.25, -0.2) is 0 Å². The number of carbonyl (C=O) groups excluding carboxylic acids is 2. The van der Waals surface area contributed by atoms with Gasteiger partial charge in [-0.1, -0.05) is 32.9 Å². The summed E-state index contributed by atoms with van der Waals surface area (Å²) in [5, 5.41) is 3.00. The van der Waals surface area contributed by atoms with Gasteiger partial charge in [-0.3, -0.25) is 9.59 Å². The number of nitrogens with zero attached hydrogens (tertiary/aromatic N) is 1. The van der Waals surface area contributed by atoms with Crippen molar-refractivity contribution in [2.45, 2.75) is 40.2 Å². The van der Waals surface area contributed by atoms with Crippen molar-refractivity contribution in [1.29, 1.82) is 0 Å². The van der Waals surface area contributed by atoms with Crippen LogP contribution in [0, 0.1) is 11.3 Å². The minimum absolute atomic E-state index is 0.0156.